The lowest BCUT2D eigenvalue weighted by Crippen LogP contribution is -2.25. The number of hydrogen-bond donors (Lipinski definition) is 0. The molecule has 1 aliphatic heterocycles. The van der Waals surface area contributed by atoms with Crippen LogP contribution in [0.3, 0.4) is 0 Å². The van der Waals surface area contributed by atoms with Crippen LogP contribution in [-0.2, 0) is 15.9 Å². The van der Waals surface area contributed by atoms with Crippen LogP contribution >= 0.6 is 0 Å². The van der Waals surface area contributed by atoms with E-state index in [1.807, 2.05) is 36.4 Å². The minimum atomic E-state index is -0.161. The molecule has 2 aromatic rings. The molecule has 1 fully saturated rings. The summed E-state index contributed by atoms with van der Waals surface area (Å²) in [6, 6.07) is 19.9. The number of aryl methyl sites for hydroxylation is 1. The highest BCUT2D eigenvalue weighted by Crippen LogP contribution is 2.27. The maximum absolute atomic E-state index is 12.5. The molecular formula is C22H26O3. The number of Topliss-reactive ketones (excluding diaryl/α,β-unsaturated/α-hetero) is 1. The van der Waals surface area contributed by atoms with Gasteiger partial charge in [0.05, 0.1) is 12.7 Å². The summed E-state index contributed by atoms with van der Waals surface area (Å²) in [7, 11) is 0. The average Bonchev–Trinajstić information content (AvgIpc) is 3.14. The molecule has 0 radical (unpaired) electrons. The highest BCUT2D eigenvalue weighted by Gasteiger charge is 2.32. The quantitative estimate of drug-likeness (QED) is 0.657. The zero-order valence-electron chi connectivity index (χ0n) is 14.8. The Hall–Kier alpha value is -1.97. The van der Waals surface area contributed by atoms with Crippen LogP contribution < -0.4 is 0 Å². The van der Waals surface area contributed by atoms with Crippen LogP contribution in [-0.4, -0.2) is 24.8 Å². The molecule has 3 unspecified atom stereocenters. The molecule has 2 aromatic carbocycles. The fourth-order valence-electron chi connectivity index (χ4n) is 3.32. The molecule has 3 rings (SSSR count). The maximum Gasteiger partial charge on any atom is 0.163 e. The third-order valence-electron chi connectivity index (χ3n) is 4.88. The number of benzene rings is 2. The van der Waals surface area contributed by atoms with Crippen molar-refractivity contribution in [2.24, 2.45) is 5.92 Å². The van der Waals surface area contributed by atoms with E-state index in [1.165, 1.54) is 5.56 Å². The number of ketones is 1. The summed E-state index contributed by atoms with van der Waals surface area (Å²) in [5, 5.41) is 0. The molecule has 25 heavy (non-hydrogen) atoms. The summed E-state index contributed by atoms with van der Waals surface area (Å²) in [4.78, 5) is 12.5. The first-order chi connectivity index (χ1) is 12.3. The van der Waals surface area contributed by atoms with E-state index in [9.17, 15) is 4.79 Å². The van der Waals surface area contributed by atoms with Crippen molar-refractivity contribution in [2.75, 3.05) is 6.61 Å². The highest BCUT2D eigenvalue weighted by atomic mass is 16.7. The van der Waals surface area contributed by atoms with Crippen LogP contribution in [0, 0.1) is 5.92 Å². The molecule has 0 saturated carbocycles. The van der Waals surface area contributed by atoms with E-state index in [0.717, 1.165) is 24.8 Å². The van der Waals surface area contributed by atoms with E-state index in [2.05, 4.69) is 31.2 Å². The first kappa shape index (κ1) is 17.8. The summed E-state index contributed by atoms with van der Waals surface area (Å²) in [5.41, 5.74) is 2.07. The standard InChI is InChI=1S/C22H26O3/c1-2-18(15-20(23)19-11-7-4-8-12-19)21-16-24-22(25-21)14-13-17-9-5-3-6-10-17/h3-12,18,21-22H,2,13-16H2,1H3. The molecule has 1 saturated heterocycles. The van der Waals surface area contributed by atoms with Crippen LogP contribution in [0.4, 0.5) is 0 Å². The molecule has 0 bridgehead atoms. The molecule has 0 spiro atoms. The minimum Gasteiger partial charge on any atom is -0.350 e. The van der Waals surface area contributed by atoms with Gasteiger partial charge in [-0.2, -0.15) is 0 Å². The number of carbonyl (C=O) groups excluding carboxylic acids is 1. The normalized spacial score (nSPS) is 21.2. The van der Waals surface area contributed by atoms with Gasteiger partial charge in [0, 0.05) is 18.4 Å². The smallest absolute Gasteiger partial charge is 0.163 e. The topological polar surface area (TPSA) is 35.5 Å². The van der Waals surface area contributed by atoms with Crippen molar-refractivity contribution < 1.29 is 14.3 Å². The van der Waals surface area contributed by atoms with Crippen molar-refractivity contribution in [2.45, 2.75) is 45.0 Å². The lowest BCUT2D eigenvalue weighted by Gasteiger charge is -2.20. The fourth-order valence-corrected chi connectivity index (χ4v) is 3.32. The second-order valence-electron chi connectivity index (χ2n) is 6.62. The van der Waals surface area contributed by atoms with E-state index in [1.54, 1.807) is 0 Å². The second-order valence-corrected chi connectivity index (χ2v) is 6.62. The SMILES string of the molecule is CCC(CC(=O)c1ccccc1)C1COC(CCc2ccccc2)O1. The van der Waals surface area contributed by atoms with E-state index in [0.29, 0.717) is 13.0 Å². The third-order valence-corrected chi connectivity index (χ3v) is 4.88. The first-order valence-electron chi connectivity index (χ1n) is 9.15. The Morgan fingerprint density at radius 3 is 2.44 bits per heavy atom. The minimum absolute atomic E-state index is 0.0124. The Kier molecular flexibility index (Phi) is 6.37. The van der Waals surface area contributed by atoms with Crippen LogP contribution in [0.15, 0.2) is 60.7 Å². The monoisotopic (exact) mass is 338 g/mol. The summed E-state index contributed by atoms with van der Waals surface area (Å²) in [5.74, 6) is 0.387. The fraction of sp³-hybridized carbons (Fsp3) is 0.409. The van der Waals surface area contributed by atoms with Crippen molar-refractivity contribution in [1.82, 2.24) is 0 Å². The molecule has 0 aliphatic carbocycles. The number of carbonyl (C=O) groups is 1. The van der Waals surface area contributed by atoms with Gasteiger partial charge in [-0.3, -0.25) is 4.79 Å². The van der Waals surface area contributed by atoms with Crippen molar-refractivity contribution in [3.63, 3.8) is 0 Å². The van der Waals surface area contributed by atoms with Gasteiger partial charge in [-0.1, -0.05) is 74.0 Å². The van der Waals surface area contributed by atoms with Crippen LogP contribution in [0.1, 0.15) is 42.1 Å². The molecule has 3 atom stereocenters. The molecule has 0 amide bonds. The molecular weight excluding hydrogens is 312 g/mol. The lowest BCUT2D eigenvalue weighted by molar-refractivity contribution is -0.0708. The molecule has 132 valence electrons. The number of ether oxygens (including phenoxy) is 2. The van der Waals surface area contributed by atoms with Gasteiger partial charge in [0.15, 0.2) is 12.1 Å². The Balaban J connectivity index is 1.50. The summed E-state index contributed by atoms with van der Waals surface area (Å²) in [6.07, 6.45) is 3.07. The molecule has 3 heteroatoms. The van der Waals surface area contributed by atoms with Crippen molar-refractivity contribution in [1.29, 1.82) is 0 Å². The maximum atomic E-state index is 12.5. The van der Waals surface area contributed by atoms with E-state index in [-0.39, 0.29) is 24.1 Å². The largest absolute Gasteiger partial charge is 0.350 e. The van der Waals surface area contributed by atoms with Gasteiger partial charge in [0.2, 0.25) is 0 Å². The van der Waals surface area contributed by atoms with Crippen LogP contribution in [0.5, 0.6) is 0 Å². The van der Waals surface area contributed by atoms with E-state index < -0.39 is 0 Å². The lowest BCUT2D eigenvalue weighted by atomic mass is 9.91. The molecule has 0 N–H and O–H groups in total. The summed E-state index contributed by atoms with van der Waals surface area (Å²) in [6.45, 7) is 2.70. The van der Waals surface area contributed by atoms with Gasteiger partial charge in [-0.05, 0) is 17.9 Å². The average molecular weight is 338 g/mol. The van der Waals surface area contributed by atoms with Gasteiger partial charge >= 0.3 is 0 Å². The van der Waals surface area contributed by atoms with Gasteiger partial charge in [-0.15, -0.1) is 0 Å². The van der Waals surface area contributed by atoms with Crippen LogP contribution in [0.25, 0.3) is 0 Å². The predicted molar refractivity (Wildman–Crippen MR) is 98.5 cm³/mol. The molecule has 1 heterocycles. The summed E-state index contributed by atoms with van der Waals surface area (Å²) < 4.78 is 11.9. The Labute approximate surface area is 150 Å². The zero-order valence-corrected chi connectivity index (χ0v) is 14.8. The predicted octanol–water partition coefficient (Wildman–Crippen LogP) is 4.66. The van der Waals surface area contributed by atoms with E-state index in [4.69, 9.17) is 9.47 Å². The van der Waals surface area contributed by atoms with Crippen molar-refractivity contribution in [3.05, 3.63) is 71.8 Å². The summed E-state index contributed by atoms with van der Waals surface area (Å²) >= 11 is 0. The van der Waals surface area contributed by atoms with Gasteiger partial charge < -0.3 is 9.47 Å². The Morgan fingerprint density at radius 1 is 1.08 bits per heavy atom. The number of hydrogen-bond acceptors (Lipinski definition) is 3. The first-order valence-corrected chi connectivity index (χ1v) is 9.15. The van der Waals surface area contributed by atoms with Crippen molar-refractivity contribution in [3.8, 4) is 0 Å². The number of rotatable bonds is 8. The Bertz CT molecular complexity index is 653. The Morgan fingerprint density at radius 2 is 1.76 bits per heavy atom. The third kappa shape index (κ3) is 5.00. The van der Waals surface area contributed by atoms with Gasteiger partial charge in [0.1, 0.15) is 0 Å². The van der Waals surface area contributed by atoms with Crippen LogP contribution in [0.2, 0.25) is 0 Å². The molecule has 1 aliphatic rings. The second kappa shape index (κ2) is 8.93. The molecule has 0 aromatic heterocycles. The van der Waals surface area contributed by atoms with Gasteiger partial charge in [0.25, 0.3) is 0 Å². The highest BCUT2D eigenvalue weighted by molar-refractivity contribution is 5.96. The van der Waals surface area contributed by atoms with E-state index >= 15 is 0 Å². The van der Waals surface area contributed by atoms with Gasteiger partial charge in [-0.25, -0.2) is 0 Å². The molecule has 3 nitrogen and oxygen atoms in total. The van der Waals surface area contributed by atoms with Crippen molar-refractivity contribution >= 4 is 5.78 Å². The zero-order chi connectivity index (χ0) is 17.5.